The Bertz CT molecular complexity index is 883. The molecule has 0 aliphatic carbocycles. The van der Waals surface area contributed by atoms with Gasteiger partial charge in [0, 0.05) is 37.9 Å². The van der Waals surface area contributed by atoms with E-state index < -0.39 is 18.3 Å². The van der Waals surface area contributed by atoms with Crippen molar-refractivity contribution in [2.75, 3.05) is 51.3 Å². The fraction of sp³-hybridized carbons (Fsp3) is 0.444. The third kappa shape index (κ3) is 3.85. The highest BCUT2D eigenvalue weighted by Crippen LogP contribution is 2.30. The van der Waals surface area contributed by atoms with Crippen LogP contribution in [-0.2, 0) is 19.1 Å². The van der Waals surface area contributed by atoms with Gasteiger partial charge in [-0.25, -0.2) is 4.79 Å². The number of piperazine rings is 1. The van der Waals surface area contributed by atoms with Crippen molar-refractivity contribution in [2.45, 2.75) is 6.29 Å². The second-order valence-electron chi connectivity index (χ2n) is 6.66. The van der Waals surface area contributed by atoms with Gasteiger partial charge in [-0.05, 0) is 12.1 Å². The second kappa shape index (κ2) is 7.88. The van der Waals surface area contributed by atoms with Gasteiger partial charge in [-0.3, -0.25) is 14.5 Å². The van der Waals surface area contributed by atoms with Crippen molar-refractivity contribution >= 4 is 41.0 Å². The maximum absolute atomic E-state index is 12.7. The first-order valence-electron chi connectivity index (χ1n) is 9.03. The van der Waals surface area contributed by atoms with Crippen LogP contribution in [0.5, 0.6) is 5.75 Å². The highest BCUT2D eigenvalue weighted by molar-refractivity contribution is 6.32. The minimum atomic E-state index is -1.02. The first-order valence-corrected chi connectivity index (χ1v) is 9.41. The Labute approximate surface area is 171 Å². The summed E-state index contributed by atoms with van der Waals surface area (Å²) >= 11 is 6.07. The lowest BCUT2D eigenvalue weighted by molar-refractivity contribution is -0.150. The summed E-state index contributed by atoms with van der Waals surface area (Å²) in [6, 6.07) is 5.55. The average Bonchev–Trinajstić information content (AvgIpc) is 3.11. The lowest BCUT2D eigenvalue weighted by Crippen LogP contribution is -2.56. The Balaban J connectivity index is 1.37. The zero-order chi connectivity index (χ0) is 20.5. The van der Waals surface area contributed by atoms with Gasteiger partial charge in [-0.1, -0.05) is 11.6 Å². The van der Waals surface area contributed by atoms with Crippen molar-refractivity contribution < 1.29 is 28.6 Å². The molecule has 0 spiro atoms. The SMILES string of the molecule is COc1cc(N2CCN(C(=O)CN3C(=O)COC4OC(=O)N=C43)CC2)ccc1Cl. The molecule has 0 aromatic heterocycles. The molecule has 1 aromatic carbocycles. The molecule has 11 heteroatoms. The minimum absolute atomic E-state index is 0.0338. The van der Waals surface area contributed by atoms with Gasteiger partial charge in [0.05, 0.1) is 12.1 Å². The van der Waals surface area contributed by atoms with E-state index in [2.05, 4.69) is 9.89 Å². The molecule has 3 aliphatic heterocycles. The van der Waals surface area contributed by atoms with Crippen molar-refractivity contribution in [1.29, 1.82) is 0 Å². The number of amides is 3. The predicted molar refractivity (Wildman–Crippen MR) is 102 cm³/mol. The molecule has 154 valence electrons. The van der Waals surface area contributed by atoms with Gasteiger partial charge in [-0.2, -0.15) is 4.99 Å². The van der Waals surface area contributed by atoms with Gasteiger partial charge < -0.3 is 24.0 Å². The van der Waals surface area contributed by atoms with Crippen LogP contribution in [0.15, 0.2) is 23.2 Å². The third-order valence-corrected chi connectivity index (χ3v) is 5.30. The van der Waals surface area contributed by atoms with E-state index in [1.165, 1.54) is 0 Å². The molecule has 10 nitrogen and oxygen atoms in total. The van der Waals surface area contributed by atoms with E-state index in [4.69, 9.17) is 25.8 Å². The predicted octanol–water partition coefficient (Wildman–Crippen LogP) is 0.731. The fourth-order valence-electron chi connectivity index (χ4n) is 3.43. The summed E-state index contributed by atoms with van der Waals surface area (Å²) in [5.74, 6) is -0.0309. The largest absolute Gasteiger partial charge is 0.495 e. The van der Waals surface area contributed by atoms with Crippen LogP contribution in [0, 0.1) is 0 Å². The maximum atomic E-state index is 12.7. The number of nitrogens with zero attached hydrogens (tertiary/aromatic N) is 4. The molecule has 4 rings (SSSR count). The summed E-state index contributed by atoms with van der Waals surface area (Å²) in [4.78, 5) is 44.8. The fourth-order valence-corrected chi connectivity index (χ4v) is 3.62. The number of hydrogen-bond donors (Lipinski definition) is 0. The molecular weight excluding hydrogens is 404 g/mol. The highest BCUT2D eigenvalue weighted by atomic mass is 35.5. The molecule has 0 saturated carbocycles. The van der Waals surface area contributed by atoms with E-state index in [9.17, 15) is 14.4 Å². The molecule has 1 atom stereocenters. The number of anilines is 1. The number of methoxy groups -OCH3 is 1. The van der Waals surface area contributed by atoms with E-state index in [1.807, 2.05) is 12.1 Å². The number of fused-ring (bicyclic) bond motifs is 1. The zero-order valence-electron chi connectivity index (χ0n) is 15.7. The molecule has 0 N–H and O–H groups in total. The summed E-state index contributed by atoms with van der Waals surface area (Å²) in [5, 5.41) is 0.538. The van der Waals surface area contributed by atoms with E-state index >= 15 is 0 Å². The zero-order valence-corrected chi connectivity index (χ0v) is 16.4. The van der Waals surface area contributed by atoms with Crippen molar-refractivity contribution in [3.05, 3.63) is 23.2 Å². The van der Waals surface area contributed by atoms with Crippen LogP contribution in [0.3, 0.4) is 0 Å². The minimum Gasteiger partial charge on any atom is -0.495 e. The monoisotopic (exact) mass is 422 g/mol. The highest BCUT2D eigenvalue weighted by Gasteiger charge is 2.42. The van der Waals surface area contributed by atoms with Crippen LogP contribution in [0.25, 0.3) is 0 Å². The van der Waals surface area contributed by atoms with Crippen LogP contribution in [0.1, 0.15) is 0 Å². The van der Waals surface area contributed by atoms with Crippen LogP contribution in [0.4, 0.5) is 10.5 Å². The van der Waals surface area contributed by atoms with E-state index in [-0.39, 0.29) is 24.9 Å². The third-order valence-electron chi connectivity index (χ3n) is 4.99. The number of rotatable bonds is 4. The van der Waals surface area contributed by atoms with Crippen LogP contribution < -0.4 is 9.64 Å². The molecule has 3 aliphatic rings. The summed E-state index contributed by atoms with van der Waals surface area (Å²) in [5.41, 5.74) is 0.959. The van der Waals surface area contributed by atoms with E-state index in [1.54, 1.807) is 18.1 Å². The van der Waals surface area contributed by atoms with E-state index in [0.717, 1.165) is 10.6 Å². The summed E-state index contributed by atoms with van der Waals surface area (Å²) in [7, 11) is 1.56. The molecular formula is C18H19ClN4O6. The molecule has 0 radical (unpaired) electrons. The lowest BCUT2D eigenvalue weighted by atomic mass is 10.2. The number of carbonyl (C=O) groups is 3. The maximum Gasteiger partial charge on any atom is 0.438 e. The van der Waals surface area contributed by atoms with Gasteiger partial charge >= 0.3 is 6.09 Å². The summed E-state index contributed by atoms with van der Waals surface area (Å²) in [6.45, 7) is 1.76. The number of aliphatic imine (C=N–C) groups is 1. The van der Waals surface area contributed by atoms with Crippen LogP contribution in [0.2, 0.25) is 5.02 Å². The Morgan fingerprint density at radius 3 is 2.76 bits per heavy atom. The van der Waals surface area contributed by atoms with Gasteiger partial charge in [0.1, 0.15) is 18.9 Å². The molecule has 0 bridgehead atoms. The molecule has 3 amide bonds. The summed E-state index contributed by atoms with van der Waals surface area (Å²) < 4.78 is 15.2. The Morgan fingerprint density at radius 1 is 1.28 bits per heavy atom. The van der Waals surface area contributed by atoms with Crippen molar-refractivity contribution in [3.63, 3.8) is 0 Å². The van der Waals surface area contributed by atoms with Gasteiger partial charge in [0.15, 0.2) is 5.84 Å². The Kier molecular flexibility index (Phi) is 5.29. The Morgan fingerprint density at radius 2 is 2.03 bits per heavy atom. The number of ether oxygens (including phenoxy) is 3. The number of morpholine rings is 1. The molecule has 2 saturated heterocycles. The lowest BCUT2D eigenvalue weighted by Gasteiger charge is -2.37. The normalized spacial score (nSPS) is 21.7. The number of carbonyl (C=O) groups excluding carboxylic acids is 3. The topological polar surface area (TPSA) is 101 Å². The van der Waals surface area contributed by atoms with Gasteiger partial charge in [0.2, 0.25) is 5.91 Å². The number of hydrogen-bond acceptors (Lipinski definition) is 7. The standard InChI is InChI=1S/C18H19ClN4O6/c1-27-13-8-11(2-3-12(13)19)21-4-6-22(7-5-21)14(24)9-23-15(25)10-28-17-16(23)20-18(26)29-17/h2-3,8,17H,4-7,9-10H2,1H3. The molecule has 29 heavy (non-hydrogen) atoms. The average molecular weight is 423 g/mol. The molecule has 1 aromatic rings. The molecule has 3 heterocycles. The summed E-state index contributed by atoms with van der Waals surface area (Å²) in [6.07, 6.45) is -1.85. The number of amidine groups is 1. The van der Waals surface area contributed by atoms with Gasteiger partial charge in [0.25, 0.3) is 12.2 Å². The van der Waals surface area contributed by atoms with Gasteiger partial charge in [-0.15, -0.1) is 0 Å². The van der Waals surface area contributed by atoms with Crippen LogP contribution >= 0.6 is 11.6 Å². The first-order chi connectivity index (χ1) is 14.0. The van der Waals surface area contributed by atoms with Crippen molar-refractivity contribution in [3.8, 4) is 5.75 Å². The van der Waals surface area contributed by atoms with E-state index in [0.29, 0.717) is 37.0 Å². The van der Waals surface area contributed by atoms with Crippen molar-refractivity contribution in [1.82, 2.24) is 9.80 Å². The molecule has 1 unspecified atom stereocenters. The number of benzene rings is 1. The smallest absolute Gasteiger partial charge is 0.438 e. The Hall–Kier alpha value is -2.85. The molecule has 2 fully saturated rings. The number of halogens is 1. The first kappa shape index (κ1) is 19.5. The quantitative estimate of drug-likeness (QED) is 0.705. The van der Waals surface area contributed by atoms with Crippen molar-refractivity contribution in [2.24, 2.45) is 4.99 Å². The van der Waals surface area contributed by atoms with Crippen LogP contribution in [-0.4, -0.2) is 86.3 Å². The second-order valence-corrected chi connectivity index (χ2v) is 7.07.